The van der Waals surface area contributed by atoms with Crippen molar-refractivity contribution < 1.29 is 24.5 Å². The fourth-order valence-corrected chi connectivity index (χ4v) is 2.76. The van der Waals surface area contributed by atoms with Crippen LogP contribution in [0.3, 0.4) is 0 Å². The van der Waals surface area contributed by atoms with Gasteiger partial charge in [-0.3, -0.25) is 4.79 Å². The third-order valence-electron chi connectivity index (χ3n) is 4.16. The number of aliphatic carboxylic acids is 1. The zero-order valence-corrected chi connectivity index (χ0v) is 12.5. The van der Waals surface area contributed by atoms with Crippen molar-refractivity contribution in [1.82, 2.24) is 4.90 Å². The van der Waals surface area contributed by atoms with Crippen LogP contribution in [0.2, 0.25) is 0 Å². The lowest BCUT2D eigenvalue weighted by atomic mass is 9.85. The lowest BCUT2D eigenvalue weighted by Gasteiger charge is -2.20. The molecule has 0 bridgehead atoms. The zero-order valence-electron chi connectivity index (χ0n) is 12.5. The summed E-state index contributed by atoms with van der Waals surface area (Å²) >= 11 is 0. The lowest BCUT2D eigenvalue weighted by Crippen LogP contribution is -2.30. The predicted molar refractivity (Wildman–Crippen MR) is 79.1 cm³/mol. The van der Waals surface area contributed by atoms with E-state index in [9.17, 15) is 19.8 Å². The van der Waals surface area contributed by atoms with Crippen LogP contribution in [0.25, 0.3) is 0 Å². The van der Waals surface area contributed by atoms with Crippen LogP contribution in [-0.2, 0) is 16.1 Å². The van der Waals surface area contributed by atoms with Crippen LogP contribution in [0, 0.1) is 17.8 Å². The van der Waals surface area contributed by atoms with Gasteiger partial charge in [-0.1, -0.05) is 37.3 Å². The maximum absolute atomic E-state index is 12.1. The molecule has 22 heavy (non-hydrogen) atoms. The van der Waals surface area contributed by atoms with Gasteiger partial charge >= 0.3 is 12.1 Å². The number of aliphatic hydroxyl groups excluding tert-OH is 1. The van der Waals surface area contributed by atoms with E-state index in [0.29, 0.717) is 6.54 Å². The monoisotopic (exact) mass is 307 g/mol. The highest BCUT2D eigenvalue weighted by Crippen LogP contribution is 2.30. The molecule has 1 fully saturated rings. The van der Waals surface area contributed by atoms with Gasteiger partial charge in [0.15, 0.2) is 0 Å². The van der Waals surface area contributed by atoms with Gasteiger partial charge in [-0.15, -0.1) is 0 Å². The minimum atomic E-state index is -0.941. The van der Waals surface area contributed by atoms with E-state index >= 15 is 0 Å². The van der Waals surface area contributed by atoms with Gasteiger partial charge in [-0.25, -0.2) is 4.79 Å². The van der Waals surface area contributed by atoms with E-state index in [1.165, 1.54) is 4.90 Å². The summed E-state index contributed by atoms with van der Waals surface area (Å²) in [6, 6.07) is 9.31. The molecule has 2 N–H and O–H groups in total. The number of carbonyl (C=O) groups is 2. The largest absolute Gasteiger partial charge is 0.481 e. The summed E-state index contributed by atoms with van der Waals surface area (Å²) < 4.78 is 5.23. The van der Waals surface area contributed by atoms with Gasteiger partial charge in [-0.05, 0) is 17.4 Å². The number of rotatable bonds is 5. The van der Waals surface area contributed by atoms with E-state index < -0.39 is 18.0 Å². The summed E-state index contributed by atoms with van der Waals surface area (Å²) in [7, 11) is 0. The SMILES string of the molecule is C[C@H](CO)C1CN(C(=O)OCc2ccccc2)CC1C(=O)O. The number of nitrogens with zero attached hydrogens (tertiary/aromatic N) is 1. The first-order valence-electron chi connectivity index (χ1n) is 7.32. The van der Waals surface area contributed by atoms with E-state index in [1.807, 2.05) is 30.3 Å². The Bertz CT molecular complexity index is 519. The van der Waals surface area contributed by atoms with E-state index in [0.717, 1.165) is 5.56 Å². The molecule has 0 aliphatic carbocycles. The third kappa shape index (κ3) is 3.76. The molecule has 6 nitrogen and oxygen atoms in total. The van der Waals surface area contributed by atoms with Crippen molar-refractivity contribution in [2.24, 2.45) is 17.8 Å². The van der Waals surface area contributed by atoms with E-state index in [2.05, 4.69) is 0 Å². The van der Waals surface area contributed by atoms with Crippen LogP contribution >= 0.6 is 0 Å². The van der Waals surface area contributed by atoms with Crippen LogP contribution in [0.5, 0.6) is 0 Å². The molecule has 1 aliphatic rings. The molecule has 0 radical (unpaired) electrons. The quantitative estimate of drug-likeness (QED) is 0.862. The van der Waals surface area contributed by atoms with Crippen molar-refractivity contribution in [2.75, 3.05) is 19.7 Å². The highest BCUT2D eigenvalue weighted by molar-refractivity contribution is 5.74. The minimum absolute atomic E-state index is 0.0959. The number of carboxylic acids is 1. The van der Waals surface area contributed by atoms with Crippen molar-refractivity contribution in [2.45, 2.75) is 13.5 Å². The van der Waals surface area contributed by atoms with Gasteiger partial charge in [0.2, 0.25) is 0 Å². The molecule has 1 amide bonds. The summed E-state index contributed by atoms with van der Waals surface area (Å²) in [6.07, 6.45) is -0.511. The molecule has 1 aromatic rings. The Labute approximate surface area is 129 Å². The van der Waals surface area contributed by atoms with Gasteiger partial charge in [0.05, 0.1) is 5.92 Å². The Hall–Kier alpha value is -2.08. The average molecular weight is 307 g/mol. The van der Waals surface area contributed by atoms with Crippen LogP contribution < -0.4 is 0 Å². The fraction of sp³-hybridized carbons (Fsp3) is 0.500. The van der Waals surface area contributed by atoms with Crippen LogP contribution in [0.4, 0.5) is 4.79 Å². The molecule has 3 atom stereocenters. The van der Waals surface area contributed by atoms with Crippen molar-refractivity contribution in [3.8, 4) is 0 Å². The van der Waals surface area contributed by atoms with E-state index in [1.54, 1.807) is 6.92 Å². The number of hydrogen-bond donors (Lipinski definition) is 2. The van der Waals surface area contributed by atoms with E-state index in [4.69, 9.17) is 4.74 Å². The number of amides is 1. The smallest absolute Gasteiger partial charge is 0.410 e. The molecule has 2 unspecified atom stereocenters. The number of ether oxygens (including phenoxy) is 1. The summed E-state index contributed by atoms with van der Waals surface area (Å²) in [6.45, 7) is 2.28. The van der Waals surface area contributed by atoms with E-state index in [-0.39, 0.29) is 31.6 Å². The number of carbonyl (C=O) groups excluding carboxylic acids is 1. The average Bonchev–Trinajstić information content (AvgIpc) is 2.98. The Morgan fingerprint density at radius 2 is 2.00 bits per heavy atom. The van der Waals surface area contributed by atoms with Crippen LogP contribution in [0.1, 0.15) is 12.5 Å². The fourth-order valence-electron chi connectivity index (χ4n) is 2.76. The highest BCUT2D eigenvalue weighted by Gasteiger charge is 2.42. The maximum atomic E-state index is 12.1. The Balaban J connectivity index is 1.94. The molecule has 1 saturated heterocycles. The first-order chi connectivity index (χ1) is 10.5. The summed E-state index contributed by atoms with van der Waals surface area (Å²) in [5.74, 6) is -2.03. The Morgan fingerprint density at radius 1 is 1.32 bits per heavy atom. The normalized spacial score (nSPS) is 22.4. The molecule has 6 heteroatoms. The second kappa shape index (κ2) is 7.26. The van der Waals surface area contributed by atoms with Gasteiger partial charge in [0.25, 0.3) is 0 Å². The number of hydrogen-bond acceptors (Lipinski definition) is 4. The predicted octanol–water partition coefficient (Wildman–Crippen LogP) is 1.58. The Kier molecular flexibility index (Phi) is 5.38. The molecular weight excluding hydrogens is 286 g/mol. The second-order valence-corrected chi connectivity index (χ2v) is 5.71. The summed E-state index contributed by atoms with van der Waals surface area (Å²) in [5, 5.41) is 18.5. The molecular formula is C16H21NO5. The molecule has 1 aliphatic heterocycles. The lowest BCUT2D eigenvalue weighted by molar-refractivity contribution is -0.143. The van der Waals surface area contributed by atoms with Crippen molar-refractivity contribution >= 4 is 12.1 Å². The number of aliphatic hydroxyl groups is 1. The topological polar surface area (TPSA) is 87.1 Å². The molecule has 0 saturated carbocycles. The number of likely N-dealkylation sites (tertiary alicyclic amines) is 1. The van der Waals surface area contributed by atoms with Crippen molar-refractivity contribution in [3.05, 3.63) is 35.9 Å². The van der Waals surface area contributed by atoms with Gasteiger partial charge in [-0.2, -0.15) is 0 Å². The number of benzene rings is 1. The zero-order chi connectivity index (χ0) is 16.1. The van der Waals surface area contributed by atoms with Crippen LogP contribution in [-0.4, -0.2) is 46.9 Å². The first-order valence-corrected chi connectivity index (χ1v) is 7.32. The highest BCUT2D eigenvalue weighted by atomic mass is 16.6. The standard InChI is InChI=1S/C16H21NO5/c1-11(9-18)13-7-17(8-14(13)15(19)20)16(21)22-10-12-5-3-2-4-6-12/h2-6,11,13-14,18H,7-10H2,1H3,(H,19,20)/t11-,13?,14?/m1/s1. The van der Waals surface area contributed by atoms with Crippen LogP contribution in [0.15, 0.2) is 30.3 Å². The van der Waals surface area contributed by atoms with Gasteiger partial charge < -0.3 is 19.8 Å². The van der Waals surface area contributed by atoms with Gasteiger partial charge in [0, 0.05) is 19.7 Å². The molecule has 1 heterocycles. The maximum Gasteiger partial charge on any atom is 0.410 e. The van der Waals surface area contributed by atoms with Crippen molar-refractivity contribution in [1.29, 1.82) is 0 Å². The molecule has 0 aromatic heterocycles. The minimum Gasteiger partial charge on any atom is -0.481 e. The molecule has 0 spiro atoms. The Morgan fingerprint density at radius 3 is 2.59 bits per heavy atom. The summed E-state index contributed by atoms with van der Waals surface area (Å²) in [4.78, 5) is 24.8. The summed E-state index contributed by atoms with van der Waals surface area (Å²) in [5.41, 5.74) is 0.880. The molecule has 120 valence electrons. The molecule has 2 rings (SSSR count). The van der Waals surface area contributed by atoms with Gasteiger partial charge in [0.1, 0.15) is 6.61 Å². The third-order valence-corrected chi connectivity index (χ3v) is 4.16. The second-order valence-electron chi connectivity index (χ2n) is 5.71. The van der Waals surface area contributed by atoms with Crippen molar-refractivity contribution in [3.63, 3.8) is 0 Å². The number of carboxylic acid groups (broad SMARTS) is 1. The molecule has 1 aromatic carbocycles. The first kappa shape index (κ1) is 16.3.